The van der Waals surface area contributed by atoms with Gasteiger partial charge in [0.1, 0.15) is 10.8 Å². The molecule has 82 valence electrons. The minimum Gasteiger partial charge on any atom is -0.389 e. The van der Waals surface area contributed by atoms with E-state index in [9.17, 15) is 0 Å². The van der Waals surface area contributed by atoms with Gasteiger partial charge in [0.15, 0.2) is 0 Å². The molecule has 0 unspecified atom stereocenters. The van der Waals surface area contributed by atoms with Gasteiger partial charge < -0.3 is 10.3 Å². The molecule has 4 heteroatoms. The predicted octanol–water partition coefficient (Wildman–Crippen LogP) is 2.12. The summed E-state index contributed by atoms with van der Waals surface area (Å²) in [6, 6.07) is 6.01. The van der Waals surface area contributed by atoms with E-state index in [1.165, 1.54) is 0 Å². The van der Waals surface area contributed by atoms with Crippen molar-refractivity contribution in [2.75, 3.05) is 0 Å². The number of imidazole rings is 1. The smallest absolute Gasteiger partial charge is 0.110 e. The van der Waals surface area contributed by atoms with E-state index in [2.05, 4.69) is 11.1 Å². The van der Waals surface area contributed by atoms with Gasteiger partial charge in [-0.15, -0.1) is 0 Å². The monoisotopic (exact) mass is 231 g/mol. The van der Waals surface area contributed by atoms with Crippen LogP contribution in [-0.4, -0.2) is 14.5 Å². The van der Waals surface area contributed by atoms with Gasteiger partial charge in [-0.25, -0.2) is 4.98 Å². The highest BCUT2D eigenvalue weighted by atomic mass is 32.1. The minimum absolute atomic E-state index is 0.436. The molecule has 16 heavy (non-hydrogen) atoms. The molecule has 1 aromatic carbocycles. The van der Waals surface area contributed by atoms with E-state index < -0.39 is 0 Å². The van der Waals surface area contributed by atoms with Crippen LogP contribution >= 0.6 is 12.2 Å². The highest BCUT2D eigenvalue weighted by molar-refractivity contribution is 7.80. The van der Waals surface area contributed by atoms with Gasteiger partial charge in [-0.1, -0.05) is 12.2 Å². The topological polar surface area (TPSA) is 43.8 Å². The van der Waals surface area contributed by atoms with Crippen molar-refractivity contribution in [1.82, 2.24) is 9.55 Å². The maximum atomic E-state index is 5.63. The first-order valence-corrected chi connectivity index (χ1v) is 5.41. The van der Waals surface area contributed by atoms with E-state index >= 15 is 0 Å². The van der Waals surface area contributed by atoms with Crippen LogP contribution < -0.4 is 5.73 Å². The second-order valence-corrected chi connectivity index (χ2v) is 4.15. The molecule has 0 aliphatic rings. The van der Waals surface area contributed by atoms with Gasteiger partial charge in [-0.3, -0.25) is 0 Å². The zero-order valence-corrected chi connectivity index (χ0v) is 10.1. The summed E-state index contributed by atoms with van der Waals surface area (Å²) in [7, 11) is 0. The van der Waals surface area contributed by atoms with E-state index in [0.29, 0.717) is 4.99 Å². The lowest BCUT2D eigenvalue weighted by atomic mass is 10.1. The van der Waals surface area contributed by atoms with Crippen LogP contribution in [0.3, 0.4) is 0 Å². The summed E-state index contributed by atoms with van der Waals surface area (Å²) in [5.41, 5.74) is 8.71. The average Bonchev–Trinajstić information content (AvgIpc) is 2.63. The summed E-state index contributed by atoms with van der Waals surface area (Å²) < 4.78 is 2.02. The SMILES string of the molecule is Cc1cc(-n2ccnc2C)ccc1C(N)=S. The number of rotatable bonds is 2. The molecule has 0 saturated carbocycles. The van der Waals surface area contributed by atoms with Crippen LogP contribution in [0.25, 0.3) is 5.69 Å². The molecule has 1 heterocycles. The van der Waals surface area contributed by atoms with Crippen LogP contribution in [-0.2, 0) is 0 Å². The lowest BCUT2D eigenvalue weighted by Crippen LogP contribution is -2.11. The zero-order valence-electron chi connectivity index (χ0n) is 9.27. The van der Waals surface area contributed by atoms with Crippen molar-refractivity contribution in [2.24, 2.45) is 5.73 Å². The summed E-state index contributed by atoms with van der Waals surface area (Å²) in [6.07, 6.45) is 3.72. The Bertz CT molecular complexity index is 543. The maximum absolute atomic E-state index is 5.63. The second kappa shape index (κ2) is 4.06. The molecule has 0 saturated heterocycles. The van der Waals surface area contributed by atoms with Crippen molar-refractivity contribution in [2.45, 2.75) is 13.8 Å². The Kier molecular flexibility index (Phi) is 2.75. The Balaban J connectivity index is 2.50. The van der Waals surface area contributed by atoms with Crippen molar-refractivity contribution in [3.05, 3.63) is 47.5 Å². The molecule has 0 bridgehead atoms. The van der Waals surface area contributed by atoms with Gasteiger partial charge in [0.2, 0.25) is 0 Å². The molecular weight excluding hydrogens is 218 g/mol. The second-order valence-electron chi connectivity index (χ2n) is 3.71. The highest BCUT2D eigenvalue weighted by Gasteiger charge is 2.05. The lowest BCUT2D eigenvalue weighted by Gasteiger charge is -2.09. The van der Waals surface area contributed by atoms with Crippen molar-refractivity contribution < 1.29 is 0 Å². The minimum atomic E-state index is 0.436. The Labute approximate surface area is 99.9 Å². The standard InChI is InChI=1S/C12H13N3S/c1-8-7-10(3-4-11(8)12(13)16)15-6-5-14-9(15)2/h3-7H,1-2H3,(H2,13,16). The van der Waals surface area contributed by atoms with E-state index in [0.717, 1.165) is 22.6 Å². The van der Waals surface area contributed by atoms with Gasteiger partial charge in [-0.2, -0.15) is 0 Å². The number of thiocarbonyl (C=S) groups is 1. The van der Waals surface area contributed by atoms with E-state index in [-0.39, 0.29) is 0 Å². The first kappa shape index (κ1) is 10.8. The molecule has 0 aliphatic heterocycles. The van der Waals surface area contributed by atoms with Gasteiger partial charge in [0.05, 0.1) is 0 Å². The molecular formula is C12H13N3S. The maximum Gasteiger partial charge on any atom is 0.110 e. The fraction of sp³-hybridized carbons (Fsp3) is 0.167. The Morgan fingerprint density at radius 1 is 1.38 bits per heavy atom. The first-order valence-electron chi connectivity index (χ1n) is 5.00. The van der Waals surface area contributed by atoms with Crippen LogP contribution in [0.1, 0.15) is 17.0 Å². The summed E-state index contributed by atoms with van der Waals surface area (Å²) in [4.78, 5) is 4.63. The molecule has 0 amide bonds. The molecule has 2 rings (SSSR count). The van der Waals surface area contributed by atoms with Gasteiger partial charge >= 0.3 is 0 Å². The Hall–Kier alpha value is -1.68. The third-order valence-electron chi connectivity index (χ3n) is 2.58. The van der Waals surface area contributed by atoms with E-state index in [1.54, 1.807) is 6.20 Å². The molecule has 0 fully saturated rings. The number of nitrogens with zero attached hydrogens (tertiary/aromatic N) is 2. The fourth-order valence-corrected chi connectivity index (χ4v) is 1.95. The lowest BCUT2D eigenvalue weighted by molar-refractivity contribution is 0.972. The largest absolute Gasteiger partial charge is 0.389 e. The number of aromatic nitrogens is 2. The van der Waals surface area contributed by atoms with Crippen molar-refractivity contribution in [3.63, 3.8) is 0 Å². The number of nitrogens with two attached hydrogens (primary N) is 1. The number of hydrogen-bond acceptors (Lipinski definition) is 2. The van der Waals surface area contributed by atoms with E-state index in [1.807, 2.05) is 36.7 Å². The summed E-state index contributed by atoms with van der Waals surface area (Å²) >= 11 is 4.98. The molecule has 2 N–H and O–H groups in total. The summed E-state index contributed by atoms with van der Waals surface area (Å²) in [5, 5.41) is 0. The molecule has 0 atom stereocenters. The Morgan fingerprint density at radius 2 is 2.12 bits per heavy atom. The van der Waals surface area contributed by atoms with Crippen LogP contribution in [0, 0.1) is 13.8 Å². The molecule has 3 nitrogen and oxygen atoms in total. The molecule has 0 spiro atoms. The van der Waals surface area contributed by atoms with Crippen molar-refractivity contribution in [3.8, 4) is 5.69 Å². The van der Waals surface area contributed by atoms with Gasteiger partial charge in [0.25, 0.3) is 0 Å². The van der Waals surface area contributed by atoms with Crippen LogP contribution in [0.15, 0.2) is 30.6 Å². The fourth-order valence-electron chi connectivity index (χ4n) is 1.72. The van der Waals surface area contributed by atoms with Gasteiger partial charge in [0, 0.05) is 23.6 Å². The Morgan fingerprint density at radius 3 is 2.62 bits per heavy atom. The number of hydrogen-bond donors (Lipinski definition) is 1. The summed E-state index contributed by atoms with van der Waals surface area (Å²) in [6.45, 7) is 3.97. The average molecular weight is 231 g/mol. The molecule has 0 radical (unpaired) electrons. The number of aryl methyl sites for hydroxylation is 2. The summed E-state index contributed by atoms with van der Waals surface area (Å²) in [5.74, 6) is 0.961. The molecule has 0 aliphatic carbocycles. The van der Waals surface area contributed by atoms with Crippen LogP contribution in [0.5, 0.6) is 0 Å². The normalized spacial score (nSPS) is 10.4. The zero-order chi connectivity index (χ0) is 11.7. The third kappa shape index (κ3) is 1.84. The van der Waals surface area contributed by atoms with E-state index in [4.69, 9.17) is 18.0 Å². The number of benzene rings is 1. The van der Waals surface area contributed by atoms with Crippen molar-refractivity contribution in [1.29, 1.82) is 0 Å². The van der Waals surface area contributed by atoms with Crippen LogP contribution in [0.4, 0.5) is 0 Å². The molecule has 1 aromatic heterocycles. The quantitative estimate of drug-likeness (QED) is 0.805. The predicted molar refractivity (Wildman–Crippen MR) is 68.9 cm³/mol. The third-order valence-corrected chi connectivity index (χ3v) is 2.80. The first-order chi connectivity index (χ1) is 7.59. The van der Waals surface area contributed by atoms with Crippen LogP contribution in [0.2, 0.25) is 0 Å². The van der Waals surface area contributed by atoms with Crippen molar-refractivity contribution >= 4 is 17.2 Å². The molecule has 2 aromatic rings. The highest BCUT2D eigenvalue weighted by Crippen LogP contribution is 2.15. The van der Waals surface area contributed by atoms with Gasteiger partial charge in [-0.05, 0) is 37.6 Å².